The standard InChI is InChI=1S/C11H16O2/c1-5-13-11-9(3)6-8(2)7-10(11)12-4/h6-7H,5H2,1-4H3. The Kier molecular flexibility index (Phi) is 3.18. The molecule has 0 fully saturated rings. The second-order valence-electron chi connectivity index (χ2n) is 3.05. The summed E-state index contributed by atoms with van der Waals surface area (Å²) in [6.07, 6.45) is 0. The fourth-order valence-corrected chi connectivity index (χ4v) is 1.40. The van der Waals surface area contributed by atoms with E-state index in [2.05, 4.69) is 6.07 Å². The third-order valence-electron chi connectivity index (χ3n) is 1.89. The van der Waals surface area contributed by atoms with Gasteiger partial charge in [-0.1, -0.05) is 6.07 Å². The molecule has 0 radical (unpaired) electrons. The van der Waals surface area contributed by atoms with Crippen LogP contribution in [0.1, 0.15) is 18.1 Å². The molecule has 2 nitrogen and oxygen atoms in total. The number of ether oxygens (including phenoxy) is 2. The van der Waals surface area contributed by atoms with E-state index in [0.29, 0.717) is 6.61 Å². The van der Waals surface area contributed by atoms with Crippen molar-refractivity contribution in [2.75, 3.05) is 13.7 Å². The van der Waals surface area contributed by atoms with Gasteiger partial charge in [0.15, 0.2) is 11.5 Å². The lowest BCUT2D eigenvalue weighted by atomic mass is 10.1. The normalized spacial score (nSPS) is 9.85. The van der Waals surface area contributed by atoms with Gasteiger partial charge >= 0.3 is 0 Å². The maximum absolute atomic E-state index is 5.49. The van der Waals surface area contributed by atoms with Crippen molar-refractivity contribution in [3.05, 3.63) is 23.3 Å². The minimum atomic E-state index is 0.667. The van der Waals surface area contributed by atoms with E-state index in [4.69, 9.17) is 9.47 Å². The van der Waals surface area contributed by atoms with E-state index in [9.17, 15) is 0 Å². The average molecular weight is 180 g/mol. The van der Waals surface area contributed by atoms with Gasteiger partial charge in [-0.2, -0.15) is 0 Å². The summed E-state index contributed by atoms with van der Waals surface area (Å²) in [6.45, 7) is 6.71. The van der Waals surface area contributed by atoms with Crippen molar-refractivity contribution in [2.45, 2.75) is 20.8 Å². The van der Waals surface area contributed by atoms with Gasteiger partial charge in [-0.15, -0.1) is 0 Å². The molecule has 0 amide bonds. The molecule has 0 aliphatic rings. The number of aryl methyl sites for hydroxylation is 2. The highest BCUT2D eigenvalue weighted by molar-refractivity contribution is 5.48. The van der Waals surface area contributed by atoms with Crippen LogP contribution in [0.15, 0.2) is 12.1 Å². The first-order chi connectivity index (χ1) is 6.19. The molecule has 1 rings (SSSR count). The minimum Gasteiger partial charge on any atom is -0.493 e. The van der Waals surface area contributed by atoms with Gasteiger partial charge in [0.2, 0.25) is 0 Å². The van der Waals surface area contributed by atoms with Crippen LogP contribution in [0, 0.1) is 13.8 Å². The molecule has 13 heavy (non-hydrogen) atoms. The fraction of sp³-hybridized carbons (Fsp3) is 0.455. The quantitative estimate of drug-likeness (QED) is 0.712. The van der Waals surface area contributed by atoms with Crippen molar-refractivity contribution in [3.63, 3.8) is 0 Å². The monoisotopic (exact) mass is 180 g/mol. The smallest absolute Gasteiger partial charge is 0.164 e. The Morgan fingerprint density at radius 3 is 2.46 bits per heavy atom. The first-order valence-electron chi connectivity index (χ1n) is 4.47. The van der Waals surface area contributed by atoms with Gasteiger partial charge in [-0.05, 0) is 38.0 Å². The second-order valence-corrected chi connectivity index (χ2v) is 3.05. The minimum absolute atomic E-state index is 0.667. The molecule has 0 saturated carbocycles. The number of hydrogen-bond acceptors (Lipinski definition) is 2. The van der Waals surface area contributed by atoms with Crippen molar-refractivity contribution in [1.82, 2.24) is 0 Å². The molecule has 0 bridgehead atoms. The van der Waals surface area contributed by atoms with Crippen molar-refractivity contribution in [1.29, 1.82) is 0 Å². The number of benzene rings is 1. The molecule has 0 heterocycles. The van der Waals surface area contributed by atoms with E-state index in [-0.39, 0.29) is 0 Å². The molecule has 2 heteroatoms. The van der Waals surface area contributed by atoms with Crippen molar-refractivity contribution >= 4 is 0 Å². The Bertz CT molecular complexity index is 292. The van der Waals surface area contributed by atoms with Gasteiger partial charge in [0.25, 0.3) is 0 Å². The van der Waals surface area contributed by atoms with Gasteiger partial charge in [-0.25, -0.2) is 0 Å². The van der Waals surface area contributed by atoms with Crippen LogP contribution in [0.4, 0.5) is 0 Å². The molecule has 0 atom stereocenters. The van der Waals surface area contributed by atoms with Crippen LogP contribution in [0.2, 0.25) is 0 Å². The molecule has 0 aliphatic carbocycles. The van der Waals surface area contributed by atoms with Gasteiger partial charge in [0.1, 0.15) is 0 Å². The van der Waals surface area contributed by atoms with Crippen LogP contribution in [0.3, 0.4) is 0 Å². The van der Waals surface area contributed by atoms with E-state index < -0.39 is 0 Å². The maximum atomic E-state index is 5.49. The maximum Gasteiger partial charge on any atom is 0.164 e. The van der Waals surface area contributed by atoms with Gasteiger partial charge < -0.3 is 9.47 Å². The van der Waals surface area contributed by atoms with Crippen LogP contribution >= 0.6 is 0 Å². The Morgan fingerprint density at radius 1 is 1.23 bits per heavy atom. The molecule has 0 spiro atoms. The molecule has 0 N–H and O–H groups in total. The Hall–Kier alpha value is -1.18. The summed E-state index contributed by atoms with van der Waals surface area (Å²) in [4.78, 5) is 0. The lowest BCUT2D eigenvalue weighted by Crippen LogP contribution is -1.98. The van der Waals surface area contributed by atoms with Crippen molar-refractivity contribution in [3.8, 4) is 11.5 Å². The van der Waals surface area contributed by atoms with Crippen molar-refractivity contribution < 1.29 is 9.47 Å². The van der Waals surface area contributed by atoms with Gasteiger partial charge in [-0.3, -0.25) is 0 Å². The SMILES string of the molecule is CCOc1c(C)cc(C)cc1OC. The summed E-state index contributed by atoms with van der Waals surface area (Å²) in [7, 11) is 1.66. The van der Waals surface area contributed by atoms with Gasteiger partial charge in [0, 0.05) is 0 Å². The highest BCUT2D eigenvalue weighted by atomic mass is 16.5. The van der Waals surface area contributed by atoms with E-state index >= 15 is 0 Å². The molecule has 0 aromatic heterocycles. The van der Waals surface area contributed by atoms with Crippen molar-refractivity contribution in [2.24, 2.45) is 0 Å². The largest absolute Gasteiger partial charge is 0.493 e. The van der Waals surface area contributed by atoms with Crippen LogP contribution in [0.5, 0.6) is 11.5 Å². The fourth-order valence-electron chi connectivity index (χ4n) is 1.40. The van der Waals surface area contributed by atoms with Crippen LogP contribution in [-0.2, 0) is 0 Å². The molecular weight excluding hydrogens is 164 g/mol. The third kappa shape index (κ3) is 2.14. The summed E-state index contributed by atoms with van der Waals surface area (Å²) in [5, 5.41) is 0. The Balaban J connectivity index is 3.13. The van der Waals surface area contributed by atoms with E-state index in [1.165, 1.54) is 5.56 Å². The first kappa shape index (κ1) is 9.90. The Morgan fingerprint density at radius 2 is 1.92 bits per heavy atom. The lowest BCUT2D eigenvalue weighted by Gasteiger charge is -2.12. The summed E-state index contributed by atoms with van der Waals surface area (Å²) in [6, 6.07) is 4.07. The summed E-state index contributed by atoms with van der Waals surface area (Å²) in [5.74, 6) is 1.68. The van der Waals surface area contributed by atoms with E-state index in [1.807, 2.05) is 26.8 Å². The molecular formula is C11H16O2. The first-order valence-corrected chi connectivity index (χ1v) is 4.47. The zero-order valence-electron chi connectivity index (χ0n) is 8.68. The zero-order chi connectivity index (χ0) is 9.84. The summed E-state index contributed by atoms with van der Waals surface area (Å²) < 4.78 is 10.7. The molecule has 0 saturated heterocycles. The molecule has 1 aromatic carbocycles. The summed E-state index contributed by atoms with van der Waals surface area (Å²) in [5.41, 5.74) is 2.32. The average Bonchev–Trinajstić information content (AvgIpc) is 2.09. The number of rotatable bonds is 3. The highest BCUT2D eigenvalue weighted by Gasteiger charge is 2.07. The third-order valence-corrected chi connectivity index (χ3v) is 1.89. The van der Waals surface area contributed by atoms with Crippen LogP contribution in [0.25, 0.3) is 0 Å². The van der Waals surface area contributed by atoms with Gasteiger partial charge in [0.05, 0.1) is 13.7 Å². The predicted octanol–water partition coefficient (Wildman–Crippen LogP) is 2.71. The molecule has 0 unspecified atom stereocenters. The molecule has 72 valence electrons. The highest BCUT2D eigenvalue weighted by Crippen LogP contribution is 2.31. The van der Waals surface area contributed by atoms with E-state index in [1.54, 1.807) is 7.11 Å². The number of hydrogen-bond donors (Lipinski definition) is 0. The lowest BCUT2D eigenvalue weighted by molar-refractivity contribution is 0.308. The second kappa shape index (κ2) is 4.17. The van der Waals surface area contributed by atoms with Crippen LogP contribution in [-0.4, -0.2) is 13.7 Å². The zero-order valence-corrected chi connectivity index (χ0v) is 8.68. The summed E-state index contributed by atoms with van der Waals surface area (Å²) >= 11 is 0. The molecule has 1 aromatic rings. The molecule has 0 aliphatic heterocycles. The Labute approximate surface area is 79.5 Å². The topological polar surface area (TPSA) is 18.5 Å². The van der Waals surface area contributed by atoms with E-state index in [0.717, 1.165) is 17.1 Å². The van der Waals surface area contributed by atoms with Crippen LogP contribution < -0.4 is 9.47 Å². The number of methoxy groups -OCH3 is 1. The predicted molar refractivity (Wildman–Crippen MR) is 53.6 cm³/mol.